The summed E-state index contributed by atoms with van der Waals surface area (Å²) in [7, 11) is -2.02. The van der Waals surface area contributed by atoms with Gasteiger partial charge in [-0.2, -0.15) is 0 Å². The molecule has 0 aliphatic rings. The molecule has 0 heterocycles. The molecule has 1 aromatic carbocycles. The Hall–Kier alpha value is -1.29. The summed E-state index contributed by atoms with van der Waals surface area (Å²) in [6, 6.07) is 5.23. The number of carbonyl (C=O) groups is 1. The van der Waals surface area contributed by atoms with Crippen LogP contribution >= 0.6 is 0 Å². The molecule has 0 radical (unpaired) electrons. The molecule has 3 nitrogen and oxygen atoms in total. The molecule has 0 aromatic heterocycles. The molecule has 0 saturated carbocycles. The van der Waals surface area contributed by atoms with Gasteiger partial charge in [-0.3, -0.25) is 0 Å². The number of carboxylic acids is 1. The van der Waals surface area contributed by atoms with Gasteiger partial charge in [0.2, 0.25) is 0 Å². The van der Waals surface area contributed by atoms with Crippen molar-refractivity contribution in [2.45, 2.75) is 45.8 Å². The average molecular weight is 266 g/mol. The van der Waals surface area contributed by atoms with Crippen molar-refractivity contribution in [3.8, 4) is 5.75 Å². The lowest BCUT2D eigenvalue weighted by molar-refractivity contribution is 0.0694. The standard InChI is InChI=1S/C14H22O3Si/c1-10-8-7-9-11(13(15)16)12(10)17-18(5,6)14(2,3)4/h7-9H,1-6H3,(H,15,16). The normalized spacial score (nSPS) is 12.3. The van der Waals surface area contributed by atoms with Gasteiger partial charge in [-0.05, 0) is 36.7 Å². The van der Waals surface area contributed by atoms with E-state index in [1.807, 2.05) is 13.0 Å². The van der Waals surface area contributed by atoms with Crippen LogP contribution in [0.5, 0.6) is 5.75 Å². The molecule has 18 heavy (non-hydrogen) atoms. The van der Waals surface area contributed by atoms with Crippen molar-refractivity contribution in [1.29, 1.82) is 0 Å². The summed E-state index contributed by atoms with van der Waals surface area (Å²) in [6.07, 6.45) is 0. The first-order valence-corrected chi connectivity index (χ1v) is 8.99. The Labute approximate surface area is 110 Å². The maximum Gasteiger partial charge on any atom is 0.339 e. The molecule has 0 fully saturated rings. The topological polar surface area (TPSA) is 46.5 Å². The highest BCUT2D eigenvalue weighted by molar-refractivity contribution is 6.74. The van der Waals surface area contributed by atoms with Gasteiger partial charge in [-0.15, -0.1) is 0 Å². The van der Waals surface area contributed by atoms with Crippen molar-refractivity contribution < 1.29 is 14.3 Å². The van der Waals surface area contributed by atoms with E-state index in [2.05, 4.69) is 33.9 Å². The Morgan fingerprint density at radius 3 is 2.28 bits per heavy atom. The predicted molar refractivity (Wildman–Crippen MR) is 76.0 cm³/mol. The minimum atomic E-state index is -2.02. The monoisotopic (exact) mass is 266 g/mol. The van der Waals surface area contributed by atoms with E-state index in [4.69, 9.17) is 4.43 Å². The first-order valence-electron chi connectivity index (χ1n) is 6.08. The maximum atomic E-state index is 11.2. The molecular weight excluding hydrogens is 244 g/mol. The molecule has 1 rings (SSSR count). The number of aromatic carboxylic acids is 1. The minimum absolute atomic E-state index is 0.0467. The van der Waals surface area contributed by atoms with Crippen LogP contribution in [0.25, 0.3) is 0 Å². The number of hydrogen-bond donors (Lipinski definition) is 1. The fourth-order valence-electron chi connectivity index (χ4n) is 1.36. The molecule has 0 bridgehead atoms. The fraction of sp³-hybridized carbons (Fsp3) is 0.500. The van der Waals surface area contributed by atoms with Crippen LogP contribution in [0.1, 0.15) is 36.7 Å². The van der Waals surface area contributed by atoms with Crippen LogP contribution in [0.3, 0.4) is 0 Å². The first kappa shape index (κ1) is 14.8. The number of aryl methyl sites for hydroxylation is 1. The van der Waals surface area contributed by atoms with E-state index in [-0.39, 0.29) is 10.6 Å². The fourth-order valence-corrected chi connectivity index (χ4v) is 2.45. The average Bonchev–Trinajstić information content (AvgIpc) is 2.18. The number of hydrogen-bond acceptors (Lipinski definition) is 2. The van der Waals surface area contributed by atoms with Gasteiger partial charge < -0.3 is 9.53 Å². The summed E-state index contributed by atoms with van der Waals surface area (Å²) in [4.78, 5) is 11.2. The predicted octanol–water partition coefficient (Wildman–Crippen LogP) is 4.08. The zero-order valence-corrected chi connectivity index (χ0v) is 13.0. The van der Waals surface area contributed by atoms with Crippen LogP contribution in [0.4, 0.5) is 0 Å². The summed E-state index contributed by atoms with van der Waals surface area (Å²) in [5.41, 5.74) is 1.12. The summed E-state index contributed by atoms with van der Waals surface area (Å²) in [6.45, 7) is 12.5. The third-order valence-electron chi connectivity index (χ3n) is 3.61. The zero-order valence-electron chi connectivity index (χ0n) is 12.0. The number of carboxylic acid groups (broad SMARTS) is 1. The van der Waals surface area contributed by atoms with Crippen LogP contribution in [0.2, 0.25) is 18.1 Å². The Morgan fingerprint density at radius 1 is 1.28 bits per heavy atom. The first-order chi connectivity index (χ1) is 8.06. The summed E-state index contributed by atoms with van der Waals surface area (Å²) in [5.74, 6) is -0.413. The van der Waals surface area contributed by atoms with Crippen molar-refractivity contribution in [3.05, 3.63) is 29.3 Å². The molecule has 1 N–H and O–H groups in total. The molecule has 0 aliphatic carbocycles. The van der Waals surface area contributed by atoms with Crippen molar-refractivity contribution >= 4 is 14.3 Å². The second kappa shape index (κ2) is 4.76. The quantitative estimate of drug-likeness (QED) is 0.839. The molecule has 0 aliphatic heterocycles. The highest BCUT2D eigenvalue weighted by Crippen LogP contribution is 2.39. The number of para-hydroxylation sites is 1. The van der Waals surface area contributed by atoms with Gasteiger partial charge in [0, 0.05) is 0 Å². The molecule has 1 aromatic rings. The number of rotatable bonds is 3. The molecule has 0 amide bonds. The lowest BCUT2D eigenvalue weighted by Crippen LogP contribution is -2.44. The SMILES string of the molecule is Cc1cccc(C(=O)O)c1O[Si](C)(C)C(C)(C)C. The molecule has 0 unspecified atom stereocenters. The largest absolute Gasteiger partial charge is 0.543 e. The van der Waals surface area contributed by atoms with E-state index in [9.17, 15) is 9.90 Å². The van der Waals surface area contributed by atoms with E-state index in [0.29, 0.717) is 5.75 Å². The van der Waals surface area contributed by atoms with Gasteiger partial charge in [-0.1, -0.05) is 32.9 Å². The Balaban J connectivity index is 3.23. The third-order valence-corrected chi connectivity index (χ3v) is 7.93. The van der Waals surface area contributed by atoms with Crippen molar-refractivity contribution in [3.63, 3.8) is 0 Å². The minimum Gasteiger partial charge on any atom is -0.543 e. The van der Waals surface area contributed by atoms with Crippen LogP contribution in [-0.4, -0.2) is 19.4 Å². The maximum absolute atomic E-state index is 11.2. The Morgan fingerprint density at radius 2 is 1.83 bits per heavy atom. The van der Waals surface area contributed by atoms with E-state index in [1.165, 1.54) is 0 Å². The van der Waals surface area contributed by atoms with Crippen LogP contribution in [-0.2, 0) is 0 Å². The summed E-state index contributed by atoms with van der Waals surface area (Å²) in [5, 5.41) is 9.27. The van der Waals surface area contributed by atoms with Gasteiger partial charge in [0.15, 0.2) is 0 Å². The third kappa shape index (κ3) is 2.93. The van der Waals surface area contributed by atoms with Gasteiger partial charge in [-0.25, -0.2) is 4.79 Å². The lowest BCUT2D eigenvalue weighted by Gasteiger charge is -2.37. The van der Waals surface area contributed by atoms with Gasteiger partial charge in [0.1, 0.15) is 11.3 Å². The second-order valence-electron chi connectivity index (χ2n) is 6.12. The number of benzene rings is 1. The van der Waals surface area contributed by atoms with Gasteiger partial charge in [0.05, 0.1) is 0 Å². The molecule has 0 atom stereocenters. The smallest absolute Gasteiger partial charge is 0.339 e. The van der Waals surface area contributed by atoms with Crippen molar-refractivity contribution in [2.24, 2.45) is 0 Å². The van der Waals surface area contributed by atoms with Gasteiger partial charge >= 0.3 is 5.97 Å². The van der Waals surface area contributed by atoms with E-state index >= 15 is 0 Å². The van der Waals surface area contributed by atoms with E-state index in [1.54, 1.807) is 12.1 Å². The van der Waals surface area contributed by atoms with Gasteiger partial charge in [0.25, 0.3) is 8.32 Å². The molecule has 100 valence electrons. The van der Waals surface area contributed by atoms with E-state index in [0.717, 1.165) is 5.56 Å². The van der Waals surface area contributed by atoms with E-state index < -0.39 is 14.3 Å². The summed E-state index contributed by atoms with van der Waals surface area (Å²) >= 11 is 0. The molecule has 4 heteroatoms. The van der Waals surface area contributed by atoms with Crippen LogP contribution < -0.4 is 4.43 Å². The Bertz CT molecular complexity index is 459. The Kier molecular flexibility index (Phi) is 3.91. The van der Waals surface area contributed by atoms with Crippen molar-refractivity contribution in [1.82, 2.24) is 0 Å². The van der Waals surface area contributed by atoms with Crippen molar-refractivity contribution in [2.75, 3.05) is 0 Å². The highest BCUT2D eigenvalue weighted by Gasteiger charge is 2.39. The van der Waals surface area contributed by atoms with Crippen LogP contribution in [0, 0.1) is 6.92 Å². The lowest BCUT2D eigenvalue weighted by atomic mass is 10.1. The molecule has 0 saturated heterocycles. The molecular formula is C14H22O3Si. The van der Waals surface area contributed by atoms with Crippen LogP contribution in [0.15, 0.2) is 18.2 Å². The zero-order chi connectivity index (χ0) is 14.1. The highest BCUT2D eigenvalue weighted by atomic mass is 28.4. The summed E-state index contributed by atoms with van der Waals surface area (Å²) < 4.78 is 6.15. The molecule has 0 spiro atoms. The second-order valence-corrected chi connectivity index (χ2v) is 10.8.